The van der Waals surface area contributed by atoms with E-state index in [1.54, 1.807) is 0 Å². The number of amides is 1. The summed E-state index contributed by atoms with van der Waals surface area (Å²) in [4.78, 5) is 26.9. The molecule has 28 heavy (non-hydrogen) atoms. The van der Waals surface area contributed by atoms with E-state index in [1.807, 2.05) is 30.3 Å². The Balaban J connectivity index is 1.57. The first-order valence-corrected chi connectivity index (χ1v) is 10.1. The van der Waals surface area contributed by atoms with Gasteiger partial charge in [0.25, 0.3) is 5.56 Å². The monoisotopic (exact) mass is 398 g/mol. The summed E-state index contributed by atoms with van der Waals surface area (Å²) in [5, 5.41) is 11.5. The van der Waals surface area contributed by atoms with E-state index in [0.29, 0.717) is 29.8 Å². The largest absolute Gasteiger partial charge is 0.369 e. The number of aromatic nitrogens is 3. The van der Waals surface area contributed by atoms with Crippen LogP contribution in [0.15, 0.2) is 35.1 Å². The second kappa shape index (κ2) is 7.44. The van der Waals surface area contributed by atoms with E-state index < -0.39 is 0 Å². The zero-order valence-electron chi connectivity index (χ0n) is 15.9. The topological polar surface area (TPSA) is 86.1 Å². The number of carbonyl (C=O) groups is 1. The minimum atomic E-state index is -0.283. The lowest BCUT2D eigenvalue weighted by molar-refractivity contribution is -0.122. The third-order valence-electron chi connectivity index (χ3n) is 5.24. The first kappa shape index (κ1) is 18.8. The van der Waals surface area contributed by atoms with E-state index in [1.165, 1.54) is 11.3 Å². The van der Waals surface area contributed by atoms with Gasteiger partial charge in [0.05, 0.1) is 17.6 Å². The third-order valence-corrected chi connectivity index (χ3v) is 6.33. The SMILES string of the molecule is CCC1(C)Cc2c(sc3nnn(CC(=O)NCc4ccccc4)c(=O)c23)CO1. The molecule has 1 amide bonds. The molecule has 1 N–H and O–H groups in total. The molecule has 3 heterocycles. The number of nitrogens with zero attached hydrogens (tertiary/aromatic N) is 3. The van der Waals surface area contributed by atoms with Crippen LogP contribution >= 0.6 is 11.3 Å². The first-order valence-electron chi connectivity index (χ1n) is 9.32. The number of hydrogen-bond donors (Lipinski definition) is 1. The highest BCUT2D eigenvalue weighted by Gasteiger charge is 2.33. The summed E-state index contributed by atoms with van der Waals surface area (Å²) in [5.74, 6) is -0.273. The van der Waals surface area contributed by atoms with Crippen molar-refractivity contribution >= 4 is 27.5 Å². The van der Waals surface area contributed by atoms with Crippen LogP contribution in [0.4, 0.5) is 0 Å². The lowest BCUT2D eigenvalue weighted by Gasteiger charge is -2.32. The van der Waals surface area contributed by atoms with Gasteiger partial charge < -0.3 is 10.1 Å². The average molecular weight is 398 g/mol. The Hall–Kier alpha value is -2.58. The molecular formula is C20H22N4O3S. The fraction of sp³-hybridized carbons (Fsp3) is 0.400. The maximum Gasteiger partial charge on any atom is 0.279 e. The van der Waals surface area contributed by atoms with Gasteiger partial charge in [-0.1, -0.05) is 42.5 Å². The molecule has 0 saturated heterocycles. The molecule has 3 aromatic rings. The summed E-state index contributed by atoms with van der Waals surface area (Å²) in [6.45, 7) is 4.88. The fourth-order valence-corrected chi connectivity index (χ4v) is 4.38. The smallest absolute Gasteiger partial charge is 0.279 e. The zero-order chi connectivity index (χ0) is 19.7. The van der Waals surface area contributed by atoms with Crippen molar-refractivity contribution in [2.45, 2.75) is 52.0 Å². The van der Waals surface area contributed by atoms with Crippen LogP contribution in [-0.4, -0.2) is 26.5 Å². The van der Waals surface area contributed by atoms with E-state index in [9.17, 15) is 9.59 Å². The molecule has 0 saturated carbocycles. The van der Waals surface area contributed by atoms with E-state index in [2.05, 4.69) is 29.5 Å². The first-order chi connectivity index (χ1) is 13.5. The average Bonchev–Trinajstić information content (AvgIpc) is 3.07. The lowest BCUT2D eigenvalue weighted by atomic mass is 9.90. The number of ether oxygens (including phenoxy) is 1. The van der Waals surface area contributed by atoms with Crippen molar-refractivity contribution in [3.05, 3.63) is 56.7 Å². The van der Waals surface area contributed by atoms with Crippen LogP contribution in [0.3, 0.4) is 0 Å². The summed E-state index contributed by atoms with van der Waals surface area (Å²) >= 11 is 1.45. The van der Waals surface area contributed by atoms with Gasteiger partial charge in [0.15, 0.2) is 4.83 Å². The van der Waals surface area contributed by atoms with Gasteiger partial charge >= 0.3 is 0 Å². The van der Waals surface area contributed by atoms with Crippen molar-refractivity contribution in [2.75, 3.05) is 0 Å². The van der Waals surface area contributed by atoms with Gasteiger partial charge in [-0.3, -0.25) is 9.59 Å². The molecule has 4 rings (SSSR count). The van der Waals surface area contributed by atoms with Gasteiger partial charge in [-0.15, -0.1) is 16.4 Å². The van der Waals surface area contributed by atoms with Crippen molar-refractivity contribution in [1.29, 1.82) is 0 Å². The second-order valence-corrected chi connectivity index (χ2v) is 8.35. The summed E-state index contributed by atoms with van der Waals surface area (Å²) in [6.07, 6.45) is 1.53. The molecule has 1 aliphatic heterocycles. The van der Waals surface area contributed by atoms with E-state index in [0.717, 1.165) is 27.1 Å². The maximum absolute atomic E-state index is 13.0. The van der Waals surface area contributed by atoms with Crippen LogP contribution in [0.2, 0.25) is 0 Å². The highest BCUT2D eigenvalue weighted by atomic mass is 32.1. The van der Waals surface area contributed by atoms with Crippen LogP contribution in [0, 0.1) is 0 Å². The predicted molar refractivity (Wildman–Crippen MR) is 107 cm³/mol. The van der Waals surface area contributed by atoms with Gasteiger partial charge in [0.2, 0.25) is 5.91 Å². The van der Waals surface area contributed by atoms with E-state index >= 15 is 0 Å². The molecule has 0 fully saturated rings. The Bertz CT molecular complexity index is 1080. The van der Waals surface area contributed by atoms with Crippen molar-refractivity contribution in [1.82, 2.24) is 20.3 Å². The number of fused-ring (bicyclic) bond motifs is 3. The minimum Gasteiger partial charge on any atom is -0.369 e. The normalized spacial score (nSPS) is 18.8. The standard InChI is InChI=1S/C20H22N4O3S/c1-3-20(2)9-14-15(12-27-20)28-18-17(14)19(26)24(23-22-18)11-16(25)21-10-13-7-5-4-6-8-13/h4-8H,3,9-12H2,1-2H3,(H,21,25). The summed E-state index contributed by atoms with van der Waals surface area (Å²) < 4.78 is 7.12. The number of rotatable bonds is 5. The zero-order valence-corrected chi connectivity index (χ0v) is 16.7. The lowest BCUT2D eigenvalue weighted by Crippen LogP contribution is -2.36. The van der Waals surface area contributed by atoms with Gasteiger partial charge in [0, 0.05) is 17.8 Å². The number of benzene rings is 1. The highest BCUT2D eigenvalue weighted by molar-refractivity contribution is 7.18. The van der Waals surface area contributed by atoms with Crippen molar-refractivity contribution in [2.24, 2.45) is 0 Å². The predicted octanol–water partition coefficient (Wildman–Crippen LogP) is 2.41. The Morgan fingerprint density at radius 3 is 2.89 bits per heavy atom. The molecule has 0 spiro atoms. The van der Waals surface area contributed by atoms with Crippen LogP contribution < -0.4 is 10.9 Å². The Morgan fingerprint density at radius 1 is 1.36 bits per heavy atom. The second-order valence-electron chi connectivity index (χ2n) is 7.27. The van der Waals surface area contributed by atoms with Crippen LogP contribution in [0.5, 0.6) is 0 Å². The minimum absolute atomic E-state index is 0.152. The Kier molecular flexibility index (Phi) is 4.99. The van der Waals surface area contributed by atoms with Gasteiger partial charge in [-0.05, 0) is 24.5 Å². The fourth-order valence-electron chi connectivity index (χ4n) is 3.34. The van der Waals surface area contributed by atoms with Crippen LogP contribution in [0.25, 0.3) is 10.2 Å². The maximum atomic E-state index is 13.0. The Morgan fingerprint density at radius 2 is 2.14 bits per heavy atom. The van der Waals surface area contributed by atoms with E-state index in [-0.39, 0.29) is 23.6 Å². The van der Waals surface area contributed by atoms with Gasteiger partial charge in [-0.25, -0.2) is 4.68 Å². The molecule has 1 aromatic carbocycles. The molecule has 0 radical (unpaired) electrons. The molecule has 8 heteroatoms. The van der Waals surface area contributed by atoms with Gasteiger partial charge in [-0.2, -0.15) is 0 Å². The quantitative estimate of drug-likeness (QED) is 0.713. The molecule has 0 bridgehead atoms. The number of nitrogens with one attached hydrogen (secondary N) is 1. The molecular weight excluding hydrogens is 376 g/mol. The summed E-state index contributed by atoms with van der Waals surface area (Å²) in [5.41, 5.74) is 1.44. The highest BCUT2D eigenvalue weighted by Crippen LogP contribution is 2.37. The van der Waals surface area contributed by atoms with Crippen LogP contribution in [-0.2, 0) is 35.6 Å². The molecule has 146 valence electrons. The number of thiophene rings is 1. The number of carbonyl (C=O) groups excluding carboxylic acids is 1. The molecule has 1 aliphatic rings. The van der Waals surface area contributed by atoms with Crippen LogP contribution in [0.1, 0.15) is 36.3 Å². The molecule has 2 aromatic heterocycles. The molecule has 7 nitrogen and oxygen atoms in total. The molecule has 1 atom stereocenters. The number of hydrogen-bond acceptors (Lipinski definition) is 6. The molecule has 0 aliphatic carbocycles. The van der Waals surface area contributed by atoms with E-state index in [4.69, 9.17) is 4.74 Å². The molecule has 1 unspecified atom stereocenters. The van der Waals surface area contributed by atoms with Crippen molar-refractivity contribution in [3.8, 4) is 0 Å². The Labute approximate surface area is 166 Å². The third kappa shape index (κ3) is 3.57. The summed E-state index contributed by atoms with van der Waals surface area (Å²) in [7, 11) is 0. The van der Waals surface area contributed by atoms with Crippen molar-refractivity contribution < 1.29 is 9.53 Å². The summed E-state index contributed by atoms with van der Waals surface area (Å²) in [6, 6.07) is 9.62. The van der Waals surface area contributed by atoms with Gasteiger partial charge in [0.1, 0.15) is 6.54 Å². The van der Waals surface area contributed by atoms with Crippen molar-refractivity contribution in [3.63, 3.8) is 0 Å².